The Morgan fingerprint density at radius 3 is 1.75 bits per heavy atom. The van der Waals surface area contributed by atoms with Crippen molar-refractivity contribution in [3.8, 4) is 11.5 Å². The summed E-state index contributed by atoms with van der Waals surface area (Å²) >= 11 is 0. The molecule has 1 fully saturated rings. The van der Waals surface area contributed by atoms with Crippen molar-refractivity contribution in [1.29, 1.82) is 0 Å². The molecular formula is C24H27NO3. The van der Waals surface area contributed by atoms with Crippen LogP contribution in [-0.2, 0) is 4.79 Å². The van der Waals surface area contributed by atoms with Crippen LogP contribution in [0.25, 0.3) is 12.2 Å². The molecule has 1 aliphatic rings. The van der Waals surface area contributed by atoms with Crippen molar-refractivity contribution >= 4 is 17.9 Å². The van der Waals surface area contributed by atoms with E-state index in [1.165, 1.54) is 0 Å². The molecule has 4 heteroatoms. The third-order valence-electron chi connectivity index (χ3n) is 4.85. The van der Waals surface area contributed by atoms with E-state index in [0.29, 0.717) is 13.1 Å². The molecule has 4 nitrogen and oxygen atoms in total. The minimum absolute atomic E-state index is 0.0872. The Morgan fingerprint density at radius 2 is 1.32 bits per heavy atom. The van der Waals surface area contributed by atoms with Crippen LogP contribution in [0.4, 0.5) is 0 Å². The van der Waals surface area contributed by atoms with Crippen molar-refractivity contribution in [1.82, 2.24) is 4.90 Å². The summed E-state index contributed by atoms with van der Waals surface area (Å²) in [7, 11) is 3.30. The van der Waals surface area contributed by atoms with Gasteiger partial charge in [0.05, 0.1) is 14.2 Å². The van der Waals surface area contributed by atoms with Gasteiger partial charge in [0, 0.05) is 35.4 Å². The number of para-hydroxylation sites is 2. The van der Waals surface area contributed by atoms with E-state index in [-0.39, 0.29) is 5.78 Å². The first kappa shape index (κ1) is 19.9. The number of ether oxygens (including phenoxy) is 2. The van der Waals surface area contributed by atoms with Crippen molar-refractivity contribution in [2.24, 2.45) is 0 Å². The number of hydrogen-bond acceptors (Lipinski definition) is 4. The molecule has 0 amide bonds. The van der Waals surface area contributed by atoms with E-state index in [9.17, 15) is 4.79 Å². The Morgan fingerprint density at radius 1 is 0.857 bits per heavy atom. The Bertz CT molecular complexity index is 829. The van der Waals surface area contributed by atoms with Crippen LogP contribution in [-0.4, -0.2) is 44.5 Å². The van der Waals surface area contributed by atoms with Gasteiger partial charge in [-0.05, 0) is 37.3 Å². The lowest BCUT2D eigenvalue weighted by atomic mass is 9.94. The fourth-order valence-corrected chi connectivity index (χ4v) is 3.53. The van der Waals surface area contributed by atoms with E-state index in [2.05, 4.69) is 11.8 Å². The molecule has 1 aliphatic heterocycles. The van der Waals surface area contributed by atoms with Gasteiger partial charge in [0.2, 0.25) is 0 Å². The maximum Gasteiger partial charge on any atom is 0.187 e. The molecule has 0 atom stereocenters. The van der Waals surface area contributed by atoms with Gasteiger partial charge in [0.15, 0.2) is 5.78 Å². The minimum Gasteiger partial charge on any atom is -0.496 e. The molecule has 0 aromatic heterocycles. The molecule has 2 aromatic rings. The fourth-order valence-electron chi connectivity index (χ4n) is 3.53. The van der Waals surface area contributed by atoms with Gasteiger partial charge in [-0.3, -0.25) is 9.69 Å². The summed E-state index contributed by atoms with van der Waals surface area (Å²) in [6, 6.07) is 15.5. The topological polar surface area (TPSA) is 38.8 Å². The Labute approximate surface area is 167 Å². The van der Waals surface area contributed by atoms with E-state index >= 15 is 0 Å². The maximum absolute atomic E-state index is 13.2. The number of likely N-dealkylation sites (tertiary alicyclic amines) is 1. The molecular weight excluding hydrogens is 350 g/mol. The third-order valence-corrected chi connectivity index (χ3v) is 4.85. The van der Waals surface area contributed by atoms with E-state index in [1.807, 2.05) is 60.7 Å². The van der Waals surface area contributed by atoms with Gasteiger partial charge in [-0.1, -0.05) is 43.3 Å². The first-order valence-corrected chi connectivity index (χ1v) is 9.60. The second kappa shape index (κ2) is 9.38. The van der Waals surface area contributed by atoms with Crippen LogP contribution in [0.15, 0.2) is 59.7 Å². The second-order valence-electron chi connectivity index (χ2n) is 6.86. The summed E-state index contributed by atoms with van der Waals surface area (Å²) in [5.74, 6) is 1.63. The summed E-state index contributed by atoms with van der Waals surface area (Å²) in [5, 5.41) is 0. The highest BCUT2D eigenvalue weighted by Gasteiger charge is 2.26. The van der Waals surface area contributed by atoms with Crippen molar-refractivity contribution in [3.63, 3.8) is 0 Å². The lowest BCUT2D eigenvalue weighted by Crippen LogP contribution is -2.38. The fraction of sp³-hybridized carbons (Fsp3) is 0.292. The molecule has 0 radical (unpaired) electrons. The third kappa shape index (κ3) is 4.52. The van der Waals surface area contributed by atoms with Gasteiger partial charge in [-0.25, -0.2) is 0 Å². The lowest BCUT2D eigenvalue weighted by molar-refractivity contribution is -0.113. The minimum atomic E-state index is 0.0872. The molecule has 0 spiro atoms. The number of Topliss-reactive ketones (excluding diaryl/α,β-unsaturated/α-hetero) is 1. The SMILES string of the molecule is CCCN1C/C(=C\c2ccccc2OC)C(=O)/C(=C/c2ccccc2OC)C1. The van der Waals surface area contributed by atoms with Crippen LogP contribution in [0.3, 0.4) is 0 Å². The average molecular weight is 377 g/mol. The number of methoxy groups -OCH3 is 2. The average Bonchev–Trinajstić information content (AvgIpc) is 2.72. The van der Waals surface area contributed by atoms with Crippen LogP contribution >= 0.6 is 0 Å². The molecule has 146 valence electrons. The van der Waals surface area contributed by atoms with Crippen LogP contribution < -0.4 is 9.47 Å². The molecule has 3 rings (SSSR count). The zero-order chi connectivity index (χ0) is 19.9. The number of rotatable bonds is 6. The molecule has 0 bridgehead atoms. The summed E-state index contributed by atoms with van der Waals surface area (Å²) in [4.78, 5) is 15.5. The van der Waals surface area contributed by atoms with Gasteiger partial charge < -0.3 is 9.47 Å². The second-order valence-corrected chi connectivity index (χ2v) is 6.86. The van der Waals surface area contributed by atoms with E-state index < -0.39 is 0 Å². The van der Waals surface area contributed by atoms with Gasteiger partial charge in [0.25, 0.3) is 0 Å². The quantitative estimate of drug-likeness (QED) is 0.697. The van der Waals surface area contributed by atoms with Gasteiger partial charge in [-0.2, -0.15) is 0 Å². The van der Waals surface area contributed by atoms with Crippen molar-refractivity contribution in [2.45, 2.75) is 13.3 Å². The van der Waals surface area contributed by atoms with Gasteiger partial charge in [-0.15, -0.1) is 0 Å². The van der Waals surface area contributed by atoms with Crippen molar-refractivity contribution in [2.75, 3.05) is 33.9 Å². The predicted octanol–water partition coefficient (Wildman–Crippen LogP) is 4.47. The predicted molar refractivity (Wildman–Crippen MR) is 114 cm³/mol. The molecule has 0 N–H and O–H groups in total. The first-order valence-electron chi connectivity index (χ1n) is 9.60. The molecule has 1 saturated heterocycles. The van der Waals surface area contributed by atoms with E-state index in [0.717, 1.165) is 46.7 Å². The highest BCUT2D eigenvalue weighted by molar-refractivity contribution is 6.14. The Balaban J connectivity index is 2.01. The monoisotopic (exact) mass is 377 g/mol. The van der Waals surface area contributed by atoms with Gasteiger partial charge >= 0.3 is 0 Å². The number of hydrogen-bond donors (Lipinski definition) is 0. The number of piperidine rings is 1. The van der Waals surface area contributed by atoms with Crippen molar-refractivity contribution in [3.05, 3.63) is 70.8 Å². The zero-order valence-electron chi connectivity index (χ0n) is 16.8. The normalized spacial score (nSPS) is 17.9. The van der Waals surface area contributed by atoms with Crippen LogP contribution in [0.5, 0.6) is 11.5 Å². The maximum atomic E-state index is 13.2. The number of nitrogens with zero attached hydrogens (tertiary/aromatic N) is 1. The van der Waals surface area contributed by atoms with Crippen LogP contribution in [0, 0.1) is 0 Å². The van der Waals surface area contributed by atoms with Gasteiger partial charge in [0.1, 0.15) is 11.5 Å². The van der Waals surface area contributed by atoms with E-state index in [4.69, 9.17) is 9.47 Å². The molecule has 0 aliphatic carbocycles. The number of carbonyl (C=O) groups excluding carboxylic acids is 1. The Hall–Kier alpha value is -2.85. The smallest absolute Gasteiger partial charge is 0.187 e. The van der Waals surface area contributed by atoms with Crippen molar-refractivity contribution < 1.29 is 14.3 Å². The van der Waals surface area contributed by atoms with Crippen LogP contribution in [0.1, 0.15) is 24.5 Å². The molecule has 1 heterocycles. The Kier molecular flexibility index (Phi) is 6.66. The summed E-state index contributed by atoms with van der Waals surface area (Å²) < 4.78 is 10.9. The highest BCUT2D eigenvalue weighted by Crippen LogP contribution is 2.27. The zero-order valence-corrected chi connectivity index (χ0v) is 16.8. The summed E-state index contributed by atoms with van der Waals surface area (Å²) in [6.45, 7) is 4.39. The molecule has 0 saturated carbocycles. The largest absolute Gasteiger partial charge is 0.496 e. The number of carbonyl (C=O) groups is 1. The van der Waals surface area contributed by atoms with E-state index in [1.54, 1.807) is 14.2 Å². The number of ketones is 1. The highest BCUT2D eigenvalue weighted by atomic mass is 16.5. The summed E-state index contributed by atoms with van der Waals surface area (Å²) in [6.07, 6.45) is 4.95. The van der Waals surface area contributed by atoms with Crippen LogP contribution in [0.2, 0.25) is 0 Å². The first-order chi connectivity index (χ1) is 13.7. The molecule has 2 aromatic carbocycles. The molecule has 28 heavy (non-hydrogen) atoms. The lowest BCUT2D eigenvalue weighted by Gasteiger charge is -2.29. The summed E-state index contributed by atoms with van der Waals surface area (Å²) in [5.41, 5.74) is 3.40. The molecule has 0 unspecified atom stereocenters. The number of benzene rings is 2. The standard InChI is InChI=1S/C24H27NO3/c1-4-13-25-16-20(14-18-9-5-7-11-22(18)27-2)24(26)21(17-25)15-19-10-6-8-12-23(19)28-3/h5-12,14-15H,4,13,16-17H2,1-3H3/b20-14+,21-15+.